The zero-order valence-electron chi connectivity index (χ0n) is 38.9. The molecule has 8 aromatic carbocycles. The van der Waals surface area contributed by atoms with Gasteiger partial charge in [-0.2, -0.15) is 0 Å². The molecule has 11 rings (SSSR count). The molecule has 0 N–H and O–H groups in total. The van der Waals surface area contributed by atoms with Crippen LogP contribution in [-0.4, -0.2) is 29.9 Å². The first-order valence-corrected chi connectivity index (χ1v) is 23.0. The zero-order valence-corrected chi connectivity index (χ0v) is 38.9. The van der Waals surface area contributed by atoms with E-state index in [-0.39, 0.29) is 5.41 Å². The summed E-state index contributed by atoms with van der Waals surface area (Å²) in [6.45, 7) is 12.9. The molecule has 0 fully saturated rings. The maximum atomic E-state index is 7.15. The van der Waals surface area contributed by atoms with Crippen molar-refractivity contribution in [2.24, 2.45) is 0 Å². The van der Waals surface area contributed by atoms with Crippen LogP contribution in [-0.2, 0) is 5.41 Å². The Hall–Kier alpha value is -8.42. The van der Waals surface area contributed by atoms with Crippen LogP contribution in [0, 0.1) is 27.7 Å². The van der Waals surface area contributed by atoms with E-state index in [0.29, 0.717) is 34.9 Å². The van der Waals surface area contributed by atoms with E-state index in [4.69, 9.17) is 34.6 Å². The molecule has 0 saturated heterocycles. The average molecular weight is 881 g/mol. The quantitative estimate of drug-likeness (QED) is 0.150. The van der Waals surface area contributed by atoms with Gasteiger partial charge in [0.2, 0.25) is 0 Å². The van der Waals surface area contributed by atoms with Crippen LogP contribution in [0.4, 0.5) is 0 Å². The summed E-state index contributed by atoms with van der Waals surface area (Å²) < 4.78 is 7.15. The molecule has 68 heavy (non-hydrogen) atoms. The van der Waals surface area contributed by atoms with Gasteiger partial charge in [-0.15, -0.1) is 0 Å². The summed E-state index contributed by atoms with van der Waals surface area (Å²) >= 11 is 0. The van der Waals surface area contributed by atoms with E-state index in [1.54, 1.807) is 0 Å². The Morgan fingerprint density at radius 2 is 0.544 bits per heavy atom. The number of hydrogen-bond donors (Lipinski definition) is 0. The maximum Gasteiger partial charge on any atom is 0.164 e. The molecule has 0 radical (unpaired) electrons. The number of aryl methyl sites for hydroxylation is 4. The second-order valence-electron chi connectivity index (χ2n) is 18.1. The lowest BCUT2D eigenvalue weighted by Crippen LogP contribution is -2.25. The zero-order chi connectivity index (χ0) is 46.5. The lowest BCUT2D eigenvalue weighted by molar-refractivity contribution is 0.421. The summed E-state index contributed by atoms with van der Waals surface area (Å²) in [6.07, 6.45) is 0. The van der Waals surface area contributed by atoms with E-state index in [9.17, 15) is 0 Å². The predicted octanol–water partition coefficient (Wildman–Crippen LogP) is 15.1. The summed E-state index contributed by atoms with van der Waals surface area (Å²) in [5.41, 5.74) is 16.2. The van der Waals surface area contributed by atoms with Crippen LogP contribution >= 0.6 is 0 Å². The molecule has 0 atom stereocenters. The minimum atomic E-state index is -0.347. The minimum Gasteiger partial charge on any atom is -0.455 e. The normalized spacial score (nSPS) is 12.5. The predicted molar refractivity (Wildman–Crippen MR) is 274 cm³/mol. The van der Waals surface area contributed by atoms with Crippen molar-refractivity contribution in [1.82, 2.24) is 29.9 Å². The van der Waals surface area contributed by atoms with Crippen molar-refractivity contribution in [2.45, 2.75) is 47.0 Å². The second-order valence-corrected chi connectivity index (χ2v) is 18.1. The molecule has 0 unspecified atom stereocenters. The van der Waals surface area contributed by atoms with Gasteiger partial charge >= 0.3 is 0 Å². The Balaban J connectivity index is 0.947. The molecule has 1 aliphatic heterocycles. The number of ether oxygens (including phenoxy) is 1. The van der Waals surface area contributed by atoms with Crippen LogP contribution in [0.3, 0.4) is 0 Å². The minimum absolute atomic E-state index is 0.347. The van der Waals surface area contributed by atoms with Gasteiger partial charge in [-0.05, 0) is 61.1 Å². The SMILES string of the molecule is Cc1ccccc1-c1nc(-c2ccc(-c3cccc4c3Oc3c(-c5ccc(-c6nc(-c7ccccc7C)nc(-c7ccccc7C)n6)cc5)cccc3C4(C)C)cc2)nc(-c2ccccc2C)n1. The number of aromatic nitrogens is 6. The molecular weight excluding hydrogens is 833 g/mol. The Kier molecular flexibility index (Phi) is 10.6. The number of hydrogen-bond acceptors (Lipinski definition) is 7. The van der Waals surface area contributed by atoms with Crippen molar-refractivity contribution in [3.63, 3.8) is 0 Å². The molecular formula is C61H48N6O. The largest absolute Gasteiger partial charge is 0.455 e. The third-order valence-electron chi connectivity index (χ3n) is 13.3. The highest BCUT2D eigenvalue weighted by Crippen LogP contribution is 2.54. The first-order valence-electron chi connectivity index (χ1n) is 23.0. The van der Waals surface area contributed by atoms with Crippen LogP contribution in [0.25, 0.3) is 90.6 Å². The molecule has 0 amide bonds. The van der Waals surface area contributed by atoms with Gasteiger partial charge in [-0.1, -0.05) is 196 Å². The highest BCUT2D eigenvalue weighted by atomic mass is 16.5. The van der Waals surface area contributed by atoms with E-state index in [2.05, 4.69) is 175 Å². The Labute approximate surface area is 397 Å². The van der Waals surface area contributed by atoms with Crippen molar-refractivity contribution in [2.75, 3.05) is 0 Å². The Morgan fingerprint density at radius 1 is 0.279 bits per heavy atom. The molecule has 7 nitrogen and oxygen atoms in total. The topological polar surface area (TPSA) is 86.6 Å². The smallest absolute Gasteiger partial charge is 0.164 e. The molecule has 7 heteroatoms. The van der Waals surface area contributed by atoms with Gasteiger partial charge in [-0.3, -0.25) is 0 Å². The first kappa shape index (κ1) is 42.2. The van der Waals surface area contributed by atoms with E-state index in [1.165, 1.54) is 0 Å². The molecule has 0 bridgehead atoms. The third kappa shape index (κ3) is 7.62. The van der Waals surface area contributed by atoms with Crippen molar-refractivity contribution >= 4 is 0 Å². The molecule has 10 aromatic rings. The lowest BCUT2D eigenvalue weighted by atomic mass is 9.74. The van der Waals surface area contributed by atoms with E-state index in [0.717, 1.165) is 101 Å². The highest BCUT2D eigenvalue weighted by Gasteiger charge is 2.37. The van der Waals surface area contributed by atoms with Crippen molar-refractivity contribution in [3.05, 3.63) is 215 Å². The van der Waals surface area contributed by atoms with Crippen molar-refractivity contribution in [3.8, 4) is 102 Å². The van der Waals surface area contributed by atoms with Gasteiger partial charge < -0.3 is 4.74 Å². The molecule has 1 aliphatic rings. The van der Waals surface area contributed by atoms with Crippen LogP contribution in [0.15, 0.2) is 182 Å². The van der Waals surface area contributed by atoms with E-state index in [1.807, 2.05) is 48.5 Å². The lowest BCUT2D eigenvalue weighted by Gasteiger charge is -2.36. The summed E-state index contributed by atoms with van der Waals surface area (Å²) in [6, 6.07) is 62.8. The summed E-state index contributed by atoms with van der Waals surface area (Å²) in [5, 5.41) is 0. The monoisotopic (exact) mass is 880 g/mol. The fourth-order valence-electron chi connectivity index (χ4n) is 9.36. The summed E-state index contributed by atoms with van der Waals surface area (Å²) in [7, 11) is 0. The van der Waals surface area contributed by atoms with Crippen LogP contribution in [0.2, 0.25) is 0 Å². The van der Waals surface area contributed by atoms with Crippen LogP contribution < -0.4 is 4.74 Å². The number of benzene rings is 8. The van der Waals surface area contributed by atoms with Gasteiger partial charge in [0, 0.05) is 61.0 Å². The maximum absolute atomic E-state index is 7.15. The fourth-order valence-corrected chi connectivity index (χ4v) is 9.36. The Bertz CT molecular complexity index is 3200. The highest BCUT2D eigenvalue weighted by molar-refractivity contribution is 5.82. The van der Waals surface area contributed by atoms with Crippen molar-refractivity contribution < 1.29 is 4.74 Å². The van der Waals surface area contributed by atoms with Crippen LogP contribution in [0.1, 0.15) is 47.2 Å². The molecule has 328 valence electrons. The van der Waals surface area contributed by atoms with Gasteiger partial charge in [0.15, 0.2) is 34.9 Å². The second kappa shape index (κ2) is 17.1. The number of para-hydroxylation sites is 2. The first-order chi connectivity index (χ1) is 33.1. The number of rotatable bonds is 8. The van der Waals surface area contributed by atoms with Crippen LogP contribution in [0.5, 0.6) is 11.5 Å². The van der Waals surface area contributed by atoms with Gasteiger partial charge in [-0.25, -0.2) is 29.9 Å². The Morgan fingerprint density at radius 3 is 0.853 bits per heavy atom. The van der Waals surface area contributed by atoms with E-state index < -0.39 is 0 Å². The molecule has 2 aromatic heterocycles. The van der Waals surface area contributed by atoms with Gasteiger partial charge in [0.1, 0.15) is 11.5 Å². The molecule has 3 heterocycles. The fraction of sp³-hybridized carbons (Fsp3) is 0.115. The van der Waals surface area contributed by atoms with Gasteiger partial charge in [0.25, 0.3) is 0 Å². The molecule has 0 spiro atoms. The third-order valence-corrected chi connectivity index (χ3v) is 13.3. The molecule has 0 aliphatic carbocycles. The van der Waals surface area contributed by atoms with Crippen molar-refractivity contribution in [1.29, 1.82) is 0 Å². The summed E-state index contributed by atoms with van der Waals surface area (Å²) in [4.78, 5) is 30.2. The number of nitrogens with zero attached hydrogens (tertiary/aromatic N) is 6. The standard InChI is InChI=1S/C61H48N6O/c1-37-17-7-11-21-45(37)57-62-55(63-58(66-57)46-22-12-8-18-38(46)2)43-33-29-41(30-34-43)49-25-15-27-51-53(49)68-54-50(26-16-28-52(54)61(51,5)6)42-31-35-44(36-32-42)56-64-59(47-23-13-9-19-39(47)3)67-60(65-56)48-24-14-10-20-40(48)4/h7-36H,1-6H3. The van der Waals surface area contributed by atoms with Gasteiger partial charge in [0.05, 0.1) is 0 Å². The number of fused-ring (bicyclic) bond motifs is 2. The molecule has 0 saturated carbocycles. The summed E-state index contributed by atoms with van der Waals surface area (Å²) in [5.74, 6) is 5.54. The van der Waals surface area contributed by atoms with E-state index >= 15 is 0 Å². The average Bonchev–Trinajstić information content (AvgIpc) is 3.36.